The van der Waals surface area contributed by atoms with Crippen molar-refractivity contribution >= 4 is 24.0 Å². The lowest BCUT2D eigenvalue weighted by atomic mass is 10.1. The van der Waals surface area contributed by atoms with E-state index in [-0.39, 0.29) is 6.42 Å². The smallest absolute Gasteiger partial charge is 0.269 e. The van der Waals surface area contributed by atoms with E-state index >= 15 is 0 Å². The Labute approximate surface area is 157 Å². The van der Waals surface area contributed by atoms with Gasteiger partial charge in [-0.1, -0.05) is 66.7 Å². The topological polar surface area (TPSA) is 83.6 Å². The first-order valence-corrected chi connectivity index (χ1v) is 9.24. The van der Waals surface area contributed by atoms with Crippen LogP contribution in [0.5, 0.6) is 0 Å². The minimum absolute atomic E-state index is 0.102. The second-order valence-electron chi connectivity index (χ2n) is 4.66. The highest BCUT2D eigenvalue weighted by molar-refractivity contribution is 6.06. The van der Waals surface area contributed by atoms with Crippen LogP contribution in [-0.4, -0.2) is 29.0 Å². The Morgan fingerprint density at radius 1 is 1.08 bits per heavy atom. The first kappa shape index (κ1) is 25.7. The van der Waals surface area contributed by atoms with Crippen molar-refractivity contribution in [3.63, 3.8) is 0 Å². The molecule has 0 aromatic rings. The molecule has 0 radical (unpaired) electrons. The quantitative estimate of drug-likeness (QED) is 0.613. The van der Waals surface area contributed by atoms with Crippen molar-refractivity contribution < 1.29 is 19.2 Å². The van der Waals surface area contributed by atoms with Crippen LogP contribution in [0.2, 0.25) is 0 Å². The number of nitrogens with one attached hydrogen (secondary N) is 1. The number of hydrogen-bond donors (Lipinski definition) is 1. The maximum atomic E-state index is 12.0. The Kier molecular flexibility index (Phi) is 14.7. The zero-order valence-corrected chi connectivity index (χ0v) is 17.0. The van der Waals surface area contributed by atoms with Crippen LogP contribution in [-0.2, 0) is 19.2 Å². The second kappa shape index (κ2) is 14.8. The number of imide groups is 1. The molecule has 26 heavy (non-hydrogen) atoms. The molecule has 3 amide bonds. The lowest BCUT2D eigenvalue weighted by molar-refractivity contribution is -0.147. The Bertz CT molecular complexity index is 574. The molecule has 1 N–H and O–H groups in total. The molecule has 0 aromatic heterocycles. The van der Waals surface area contributed by atoms with E-state index in [0.29, 0.717) is 23.9 Å². The van der Waals surface area contributed by atoms with Crippen molar-refractivity contribution in [3.05, 3.63) is 35.5 Å². The zero-order valence-electron chi connectivity index (χ0n) is 17.0. The van der Waals surface area contributed by atoms with Gasteiger partial charge in [0.25, 0.3) is 11.8 Å². The third kappa shape index (κ3) is 7.59. The van der Waals surface area contributed by atoms with Gasteiger partial charge in [0.2, 0.25) is 5.91 Å². The molecule has 1 unspecified atom stereocenters. The SMILES string of the molecule is CC.CC.CC.CC1CC(=O)N(NC(=O)C2=CCC=C(C=O)C=C2)C1=O. The maximum absolute atomic E-state index is 12.0. The molecule has 2 rings (SSSR count). The Morgan fingerprint density at radius 2 is 1.65 bits per heavy atom. The minimum Gasteiger partial charge on any atom is -0.298 e. The van der Waals surface area contributed by atoms with E-state index < -0.39 is 23.6 Å². The average molecular weight is 364 g/mol. The first-order valence-electron chi connectivity index (χ1n) is 9.24. The predicted octanol–water partition coefficient (Wildman–Crippen LogP) is 3.50. The zero-order chi connectivity index (χ0) is 20.7. The van der Waals surface area contributed by atoms with E-state index in [2.05, 4.69) is 5.43 Å². The van der Waals surface area contributed by atoms with Gasteiger partial charge in [-0.05, 0) is 12.5 Å². The lowest BCUT2D eigenvalue weighted by Gasteiger charge is -2.15. The summed E-state index contributed by atoms with van der Waals surface area (Å²) >= 11 is 0. The minimum atomic E-state index is -0.544. The molecule has 146 valence electrons. The lowest BCUT2D eigenvalue weighted by Crippen LogP contribution is -2.46. The summed E-state index contributed by atoms with van der Waals surface area (Å²) in [5, 5.41) is 0.765. The number of hydrogen-bond acceptors (Lipinski definition) is 4. The van der Waals surface area contributed by atoms with E-state index in [9.17, 15) is 19.2 Å². The maximum Gasteiger partial charge on any atom is 0.269 e. The van der Waals surface area contributed by atoms with Gasteiger partial charge in [0.1, 0.15) is 6.29 Å². The molecule has 1 saturated heterocycles. The van der Waals surface area contributed by atoms with Gasteiger partial charge in [-0.15, -0.1) is 0 Å². The number of allylic oxidation sites excluding steroid dienone is 4. The van der Waals surface area contributed by atoms with Gasteiger partial charge in [0.05, 0.1) is 0 Å². The molecule has 0 spiro atoms. The molecule has 0 bridgehead atoms. The van der Waals surface area contributed by atoms with Crippen LogP contribution in [0.15, 0.2) is 35.5 Å². The molecule has 1 fully saturated rings. The molecular formula is C20H32N2O4. The fourth-order valence-electron chi connectivity index (χ4n) is 1.97. The molecule has 1 aliphatic carbocycles. The van der Waals surface area contributed by atoms with Crippen molar-refractivity contribution in [2.24, 2.45) is 5.92 Å². The summed E-state index contributed by atoms with van der Waals surface area (Å²) in [5.41, 5.74) is 3.09. The average Bonchev–Trinajstić information content (AvgIpc) is 2.87. The summed E-state index contributed by atoms with van der Waals surface area (Å²) in [6.07, 6.45) is 7.53. The van der Waals surface area contributed by atoms with Gasteiger partial charge in [-0.3, -0.25) is 24.6 Å². The number of hydrazine groups is 1. The summed E-state index contributed by atoms with van der Waals surface area (Å²) in [6.45, 7) is 13.6. The number of aldehydes is 1. The first-order chi connectivity index (χ1) is 12.5. The van der Waals surface area contributed by atoms with Gasteiger partial charge in [0, 0.05) is 23.5 Å². The number of carbonyl (C=O) groups excluding carboxylic acids is 4. The van der Waals surface area contributed by atoms with E-state index in [4.69, 9.17) is 0 Å². The van der Waals surface area contributed by atoms with Gasteiger partial charge in [-0.2, -0.15) is 5.01 Å². The second-order valence-corrected chi connectivity index (χ2v) is 4.66. The molecule has 0 aromatic carbocycles. The van der Waals surface area contributed by atoms with Crippen LogP contribution in [0.25, 0.3) is 0 Å². The van der Waals surface area contributed by atoms with Crippen LogP contribution in [0.4, 0.5) is 0 Å². The molecule has 0 saturated carbocycles. The number of nitrogens with zero attached hydrogens (tertiary/aromatic N) is 1. The third-order valence-electron chi connectivity index (χ3n) is 3.13. The van der Waals surface area contributed by atoms with Crippen LogP contribution in [0.3, 0.4) is 0 Å². The largest absolute Gasteiger partial charge is 0.298 e. The predicted molar refractivity (Wildman–Crippen MR) is 104 cm³/mol. The van der Waals surface area contributed by atoms with E-state index in [1.54, 1.807) is 19.1 Å². The van der Waals surface area contributed by atoms with Crippen molar-refractivity contribution in [2.75, 3.05) is 0 Å². The molecule has 2 aliphatic rings. The van der Waals surface area contributed by atoms with E-state index in [1.165, 1.54) is 12.2 Å². The third-order valence-corrected chi connectivity index (χ3v) is 3.13. The molecular weight excluding hydrogens is 332 g/mol. The summed E-state index contributed by atoms with van der Waals surface area (Å²) < 4.78 is 0. The van der Waals surface area contributed by atoms with Gasteiger partial charge in [-0.25, -0.2) is 0 Å². The van der Waals surface area contributed by atoms with Crippen molar-refractivity contribution in [1.29, 1.82) is 0 Å². The van der Waals surface area contributed by atoms with Crippen molar-refractivity contribution in [3.8, 4) is 0 Å². The van der Waals surface area contributed by atoms with Crippen molar-refractivity contribution in [2.45, 2.75) is 61.3 Å². The van der Waals surface area contributed by atoms with Crippen LogP contribution in [0.1, 0.15) is 61.3 Å². The Morgan fingerprint density at radius 3 is 2.12 bits per heavy atom. The number of carbonyl (C=O) groups is 4. The monoisotopic (exact) mass is 364 g/mol. The standard InChI is InChI=1S/C14H14N2O4.3C2H6/c1-9-7-12(18)16(14(9)20)15-13(19)11-4-2-3-10(8-17)5-6-11;3*1-2/h3-6,8-9H,2,7H2,1H3,(H,15,19);3*1-2H3. The van der Waals surface area contributed by atoms with E-state index in [0.717, 1.165) is 5.01 Å². The summed E-state index contributed by atoms with van der Waals surface area (Å²) in [4.78, 5) is 45.9. The Hall–Kier alpha value is -2.50. The summed E-state index contributed by atoms with van der Waals surface area (Å²) in [6, 6.07) is 0. The van der Waals surface area contributed by atoms with E-state index in [1.807, 2.05) is 41.5 Å². The normalized spacial score (nSPS) is 17.8. The Balaban J connectivity index is 0. The van der Waals surface area contributed by atoms with Gasteiger partial charge >= 0.3 is 0 Å². The summed E-state index contributed by atoms with van der Waals surface area (Å²) in [5.74, 6) is -1.78. The fourth-order valence-corrected chi connectivity index (χ4v) is 1.97. The van der Waals surface area contributed by atoms with Gasteiger partial charge < -0.3 is 0 Å². The molecule has 1 heterocycles. The highest BCUT2D eigenvalue weighted by Gasteiger charge is 2.37. The van der Waals surface area contributed by atoms with Crippen LogP contribution < -0.4 is 5.43 Å². The van der Waals surface area contributed by atoms with Crippen LogP contribution >= 0.6 is 0 Å². The number of rotatable bonds is 3. The summed E-state index contributed by atoms with van der Waals surface area (Å²) in [7, 11) is 0. The fraction of sp³-hybridized carbons (Fsp3) is 0.500. The molecule has 1 aliphatic heterocycles. The highest BCUT2D eigenvalue weighted by Crippen LogP contribution is 2.17. The highest BCUT2D eigenvalue weighted by atomic mass is 16.2. The van der Waals surface area contributed by atoms with Gasteiger partial charge in [0.15, 0.2) is 0 Å². The molecule has 1 atom stereocenters. The molecule has 6 heteroatoms. The number of amides is 3. The molecule has 6 nitrogen and oxygen atoms in total. The van der Waals surface area contributed by atoms with Crippen LogP contribution in [0, 0.1) is 5.92 Å². The van der Waals surface area contributed by atoms with Crippen molar-refractivity contribution in [1.82, 2.24) is 10.4 Å².